The number of benzene rings is 1. The lowest BCUT2D eigenvalue weighted by Gasteiger charge is -2.07. The van der Waals surface area contributed by atoms with E-state index in [0.29, 0.717) is 5.56 Å². The van der Waals surface area contributed by atoms with Crippen LogP contribution in [0.4, 0.5) is 4.39 Å². The van der Waals surface area contributed by atoms with Gasteiger partial charge < -0.3 is 15.4 Å². The topological polar surface area (TPSA) is 33.3 Å². The monoisotopic (exact) mass is 254 g/mol. The fourth-order valence-corrected chi connectivity index (χ4v) is 1.69. The fraction of sp³-hybridized carbons (Fsp3) is 0.571. The Morgan fingerprint density at radius 3 is 2.67 bits per heavy atom. The lowest BCUT2D eigenvalue weighted by Crippen LogP contribution is -2.24. The lowest BCUT2D eigenvalue weighted by atomic mass is 10.1. The third-order valence-electron chi connectivity index (χ3n) is 2.74. The van der Waals surface area contributed by atoms with Crippen molar-refractivity contribution in [3.63, 3.8) is 0 Å². The number of rotatable bonds is 9. The third kappa shape index (κ3) is 6.10. The van der Waals surface area contributed by atoms with Gasteiger partial charge in [-0.05, 0) is 43.6 Å². The zero-order valence-corrected chi connectivity index (χ0v) is 11.3. The van der Waals surface area contributed by atoms with Gasteiger partial charge in [0.05, 0.1) is 6.61 Å². The molecule has 18 heavy (non-hydrogen) atoms. The van der Waals surface area contributed by atoms with Gasteiger partial charge >= 0.3 is 0 Å². The van der Waals surface area contributed by atoms with Crippen LogP contribution in [0.25, 0.3) is 0 Å². The molecular weight excluding hydrogens is 231 g/mol. The van der Waals surface area contributed by atoms with E-state index in [1.165, 1.54) is 6.07 Å². The van der Waals surface area contributed by atoms with Gasteiger partial charge in [-0.15, -0.1) is 0 Å². The first-order chi connectivity index (χ1) is 8.74. The molecule has 0 bridgehead atoms. The van der Waals surface area contributed by atoms with Crippen LogP contribution in [0.1, 0.15) is 17.5 Å². The molecule has 0 radical (unpaired) electrons. The molecule has 2 N–H and O–H groups in total. The Morgan fingerprint density at radius 1 is 1.17 bits per heavy atom. The summed E-state index contributed by atoms with van der Waals surface area (Å²) in [5, 5.41) is 6.63. The number of halogens is 1. The minimum atomic E-state index is -0.138. The van der Waals surface area contributed by atoms with Crippen LogP contribution >= 0.6 is 0 Å². The smallest absolute Gasteiger partial charge is 0.126 e. The van der Waals surface area contributed by atoms with Crippen molar-refractivity contribution in [2.75, 3.05) is 33.4 Å². The van der Waals surface area contributed by atoms with E-state index in [-0.39, 0.29) is 5.82 Å². The zero-order chi connectivity index (χ0) is 13.2. The summed E-state index contributed by atoms with van der Waals surface area (Å²) in [7, 11) is 1.70. The molecular formula is C14H23FN2O. The van der Waals surface area contributed by atoms with E-state index in [1.807, 2.05) is 12.1 Å². The van der Waals surface area contributed by atoms with Crippen LogP contribution in [0.2, 0.25) is 0 Å². The molecule has 102 valence electrons. The molecule has 0 saturated heterocycles. The molecule has 0 aromatic heterocycles. The highest BCUT2D eigenvalue weighted by molar-refractivity contribution is 5.23. The van der Waals surface area contributed by atoms with Gasteiger partial charge in [-0.2, -0.15) is 0 Å². The average Bonchev–Trinajstić information content (AvgIpc) is 2.37. The molecule has 0 amide bonds. The van der Waals surface area contributed by atoms with E-state index in [4.69, 9.17) is 4.74 Å². The first-order valence-corrected chi connectivity index (χ1v) is 6.39. The molecule has 4 heteroatoms. The normalized spacial score (nSPS) is 10.8. The van der Waals surface area contributed by atoms with Crippen molar-refractivity contribution in [3.05, 3.63) is 35.1 Å². The van der Waals surface area contributed by atoms with Crippen LogP contribution in [-0.4, -0.2) is 33.4 Å². The highest BCUT2D eigenvalue weighted by Gasteiger charge is 1.98. The van der Waals surface area contributed by atoms with Gasteiger partial charge in [-0.1, -0.05) is 12.1 Å². The van der Waals surface area contributed by atoms with Crippen molar-refractivity contribution in [2.45, 2.75) is 19.9 Å². The average molecular weight is 254 g/mol. The summed E-state index contributed by atoms with van der Waals surface area (Å²) in [5.74, 6) is -0.138. The molecule has 0 atom stereocenters. The Bertz CT molecular complexity index is 345. The molecule has 0 fully saturated rings. The van der Waals surface area contributed by atoms with Crippen LogP contribution in [0.5, 0.6) is 0 Å². The van der Waals surface area contributed by atoms with Crippen LogP contribution in [0, 0.1) is 12.7 Å². The maximum Gasteiger partial charge on any atom is 0.126 e. The van der Waals surface area contributed by atoms with E-state index >= 15 is 0 Å². The Morgan fingerprint density at radius 2 is 1.94 bits per heavy atom. The summed E-state index contributed by atoms with van der Waals surface area (Å²) < 4.78 is 18.0. The van der Waals surface area contributed by atoms with Gasteiger partial charge in [-0.3, -0.25) is 0 Å². The van der Waals surface area contributed by atoms with Crippen LogP contribution in [0.3, 0.4) is 0 Å². The van der Waals surface area contributed by atoms with Crippen LogP contribution in [0.15, 0.2) is 18.2 Å². The summed E-state index contributed by atoms with van der Waals surface area (Å²) in [6.45, 7) is 6.17. The largest absolute Gasteiger partial charge is 0.383 e. The minimum absolute atomic E-state index is 0.138. The Hall–Kier alpha value is -0.970. The van der Waals surface area contributed by atoms with E-state index in [9.17, 15) is 4.39 Å². The standard InChI is InChI=1S/C14H23FN2O/c1-12-10-13(4-5-14(12)15)11-17-7-3-6-16-8-9-18-2/h4-5,10,16-17H,3,6-9,11H2,1-2H3. The second kappa shape index (κ2) is 9.03. The highest BCUT2D eigenvalue weighted by atomic mass is 19.1. The summed E-state index contributed by atoms with van der Waals surface area (Å²) in [5.41, 5.74) is 1.83. The Labute approximate surface area is 109 Å². The summed E-state index contributed by atoms with van der Waals surface area (Å²) in [6.07, 6.45) is 1.07. The number of aryl methyl sites for hydroxylation is 1. The molecule has 1 aromatic rings. The summed E-state index contributed by atoms with van der Waals surface area (Å²) in [6, 6.07) is 5.24. The predicted octanol–water partition coefficient (Wildman–Crippen LogP) is 1.85. The molecule has 0 aliphatic heterocycles. The lowest BCUT2D eigenvalue weighted by molar-refractivity contribution is 0.199. The van der Waals surface area contributed by atoms with Crippen molar-refractivity contribution >= 4 is 0 Å². The Balaban J connectivity index is 2.05. The van der Waals surface area contributed by atoms with Gasteiger partial charge in [-0.25, -0.2) is 4.39 Å². The van der Waals surface area contributed by atoms with Crippen LogP contribution < -0.4 is 10.6 Å². The first kappa shape index (κ1) is 15.1. The maximum absolute atomic E-state index is 13.1. The predicted molar refractivity (Wildman–Crippen MR) is 72.2 cm³/mol. The zero-order valence-electron chi connectivity index (χ0n) is 11.3. The number of nitrogens with one attached hydrogen (secondary N) is 2. The second-order valence-electron chi connectivity index (χ2n) is 4.36. The van der Waals surface area contributed by atoms with Crippen molar-refractivity contribution in [1.82, 2.24) is 10.6 Å². The molecule has 0 spiro atoms. The quantitative estimate of drug-likeness (QED) is 0.660. The van der Waals surface area contributed by atoms with Crippen molar-refractivity contribution in [3.8, 4) is 0 Å². The minimum Gasteiger partial charge on any atom is -0.383 e. The molecule has 0 saturated carbocycles. The summed E-state index contributed by atoms with van der Waals surface area (Å²) in [4.78, 5) is 0. The van der Waals surface area contributed by atoms with E-state index in [0.717, 1.165) is 44.8 Å². The van der Waals surface area contributed by atoms with Gasteiger partial charge in [0.15, 0.2) is 0 Å². The van der Waals surface area contributed by atoms with Crippen molar-refractivity contribution in [1.29, 1.82) is 0 Å². The number of hydrogen-bond acceptors (Lipinski definition) is 3. The van der Waals surface area contributed by atoms with E-state index < -0.39 is 0 Å². The van der Waals surface area contributed by atoms with Crippen molar-refractivity contribution < 1.29 is 9.13 Å². The SMILES string of the molecule is COCCNCCCNCc1ccc(F)c(C)c1. The molecule has 3 nitrogen and oxygen atoms in total. The van der Waals surface area contributed by atoms with E-state index in [2.05, 4.69) is 10.6 Å². The fourth-order valence-electron chi connectivity index (χ4n) is 1.69. The molecule has 1 rings (SSSR count). The molecule has 0 aliphatic carbocycles. The summed E-state index contributed by atoms with van der Waals surface area (Å²) >= 11 is 0. The number of methoxy groups -OCH3 is 1. The number of hydrogen-bond donors (Lipinski definition) is 2. The second-order valence-corrected chi connectivity index (χ2v) is 4.36. The molecule has 0 unspecified atom stereocenters. The Kier molecular flexibility index (Phi) is 7.57. The molecule has 1 aromatic carbocycles. The third-order valence-corrected chi connectivity index (χ3v) is 2.74. The molecule has 0 aliphatic rings. The van der Waals surface area contributed by atoms with Gasteiger partial charge in [0.25, 0.3) is 0 Å². The highest BCUT2D eigenvalue weighted by Crippen LogP contribution is 2.08. The van der Waals surface area contributed by atoms with Gasteiger partial charge in [0.2, 0.25) is 0 Å². The van der Waals surface area contributed by atoms with Gasteiger partial charge in [0.1, 0.15) is 5.82 Å². The van der Waals surface area contributed by atoms with E-state index in [1.54, 1.807) is 14.0 Å². The van der Waals surface area contributed by atoms with Crippen molar-refractivity contribution in [2.24, 2.45) is 0 Å². The van der Waals surface area contributed by atoms with Crippen LogP contribution in [-0.2, 0) is 11.3 Å². The maximum atomic E-state index is 13.1. The van der Waals surface area contributed by atoms with Gasteiger partial charge in [0, 0.05) is 20.2 Å². The first-order valence-electron chi connectivity index (χ1n) is 6.39. The number of ether oxygens (including phenoxy) is 1. The molecule has 0 heterocycles.